The number of hydrazine groups is 1. The van der Waals surface area contributed by atoms with Crippen LogP contribution >= 0.6 is 15.9 Å². The van der Waals surface area contributed by atoms with Crippen molar-refractivity contribution in [3.05, 3.63) is 34.1 Å². The van der Waals surface area contributed by atoms with Crippen LogP contribution < -0.4 is 11.3 Å². The Labute approximate surface area is 116 Å². The first kappa shape index (κ1) is 15.6. The molecule has 0 aromatic heterocycles. The zero-order valence-corrected chi connectivity index (χ0v) is 12.6. The number of halogens is 2. The van der Waals surface area contributed by atoms with Crippen LogP contribution in [0.15, 0.2) is 22.7 Å². The van der Waals surface area contributed by atoms with Gasteiger partial charge in [-0.25, -0.2) is 4.39 Å². The van der Waals surface area contributed by atoms with Crippen molar-refractivity contribution >= 4 is 15.9 Å². The van der Waals surface area contributed by atoms with E-state index in [2.05, 4.69) is 28.3 Å². The van der Waals surface area contributed by atoms with Crippen LogP contribution in [-0.2, 0) is 11.2 Å². The van der Waals surface area contributed by atoms with Gasteiger partial charge in [0, 0.05) is 7.11 Å². The lowest BCUT2D eigenvalue weighted by Crippen LogP contribution is -2.53. The van der Waals surface area contributed by atoms with Crippen LogP contribution in [0, 0.1) is 5.82 Å². The van der Waals surface area contributed by atoms with Crippen LogP contribution in [0.4, 0.5) is 4.39 Å². The highest BCUT2D eigenvalue weighted by molar-refractivity contribution is 9.10. The lowest BCUT2D eigenvalue weighted by Gasteiger charge is -2.35. The molecule has 1 rings (SSSR count). The Hall–Kier alpha value is -0.490. The molecule has 3 N–H and O–H groups in total. The van der Waals surface area contributed by atoms with Crippen LogP contribution in [0.3, 0.4) is 0 Å². The average molecular weight is 319 g/mol. The van der Waals surface area contributed by atoms with Gasteiger partial charge in [0.15, 0.2) is 0 Å². The molecule has 0 aliphatic heterocycles. The smallest absolute Gasteiger partial charge is 0.137 e. The molecule has 0 heterocycles. The van der Waals surface area contributed by atoms with Gasteiger partial charge in [0.25, 0.3) is 0 Å². The quantitative estimate of drug-likeness (QED) is 0.626. The molecule has 0 bridgehead atoms. The fourth-order valence-corrected chi connectivity index (χ4v) is 2.31. The lowest BCUT2D eigenvalue weighted by molar-refractivity contribution is -0.0288. The Morgan fingerprint density at radius 1 is 1.56 bits per heavy atom. The lowest BCUT2D eigenvalue weighted by atomic mass is 9.89. The maximum absolute atomic E-state index is 13.2. The minimum absolute atomic E-state index is 0.0372. The molecule has 5 heteroatoms. The van der Waals surface area contributed by atoms with Crippen LogP contribution in [0.25, 0.3) is 0 Å². The van der Waals surface area contributed by atoms with Crippen molar-refractivity contribution in [3.63, 3.8) is 0 Å². The molecule has 2 atom stereocenters. The topological polar surface area (TPSA) is 47.3 Å². The number of hydrogen-bond acceptors (Lipinski definition) is 3. The van der Waals surface area contributed by atoms with Gasteiger partial charge >= 0.3 is 0 Å². The van der Waals surface area contributed by atoms with Gasteiger partial charge in [0.2, 0.25) is 0 Å². The first-order valence-corrected chi connectivity index (χ1v) is 6.71. The van der Waals surface area contributed by atoms with Crippen molar-refractivity contribution in [2.45, 2.75) is 38.3 Å². The van der Waals surface area contributed by atoms with Gasteiger partial charge < -0.3 is 4.74 Å². The summed E-state index contributed by atoms with van der Waals surface area (Å²) in [7, 11) is 1.68. The number of nitrogens with one attached hydrogen (secondary N) is 1. The minimum atomic E-state index is -0.352. The first-order valence-electron chi connectivity index (χ1n) is 5.92. The molecule has 0 amide bonds. The minimum Gasteiger partial charge on any atom is -0.377 e. The molecule has 1 aromatic carbocycles. The molecule has 0 saturated carbocycles. The van der Waals surface area contributed by atoms with E-state index in [0.717, 1.165) is 12.0 Å². The van der Waals surface area contributed by atoms with Crippen molar-refractivity contribution < 1.29 is 9.13 Å². The van der Waals surface area contributed by atoms with Crippen LogP contribution in [0.2, 0.25) is 0 Å². The van der Waals surface area contributed by atoms with Crippen molar-refractivity contribution in [2.24, 2.45) is 5.84 Å². The number of ether oxygens (including phenoxy) is 1. The molecule has 18 heavy (non-hydrogen) atoms. The van der Waals surface area contributed by atoms with Crippen LogP contribution in [-0.4, -0.2) is 18.8 Å². The summed E-state index contributed by atoms with van der Waals surface area (Å²) in [5.41, 5.74) is 3.44. The summed E-state index contributed by atoms with van der Waals surface area (Å²) in [6.07, 6.45) is 1.51. The molecule has 0 spiro atoms. The number of hydrogen-bond donors (Lipinski definition) is 2. The summed E-state index contributed by atoms with van der Waals surface area (Å²) in [4.78, 5) is 0. The molecule has 0 fully saturated rings. The Morgan fingerprint density at radius 2 is 2.22 bits per heavy atom. The van der Waals surface area contributed by atoms with Crippen molar-refractivity contribution in [1.29, 1.82) is 0 Å². The molecule has 3 nitrogen and oxygen atoms in total. The highest BCUT2D eigenvalue weighted by Crippen LogP contribution is 2.24. The zero-order chi connectivity index (χ0) is 13.8. The van der Waals surface area contributed by atoms with Gasteiger partial charge in [0.1, 0.15) is 5.82 Å². The monoisotopic (exact) mass is 318 g/mol. The fourth-order valence-electron chi connectivity index (χ4n) is 1.89. The first-order chi connectivity index (χ1) is 8.46. The average Bonchev–Trinajstić information content (AvgIpc) is 2.39. The molecule has 1 aromatic rings. The molecular weight excluding hydrogens is 299 g/mol. The highest BCUT2D eigenvalue weighted by Gasteiger charge is 2.31. The second-order valence-corrected chi connectivity index (χ2v) is 5.40. The molecule has 102 valence electrons. The number of rotatable bonds is 6. The molecule has 2 unspecified atom stereocenters. The predicted octanol–water partition coefficient (Wildman–Crippen LogP) is 2.78. The van der Waals surface area contributed by atoms with Crippen molar-refractivity contribution in [2.75, 3.05) is 7.11 Å². The second-order valence-electron chi connectivity index (χ2n) is 4.54. The van der Waals surface area contributed by atoms with E-state index in [0.29, 0.717) is 10.9 Å². The Morgan fingerprint density at radius 3 is 2.67 bits per heavy atom. The third kappa shape index (κ3) is 3.51. The van der Waals surface area contributed by atoms with E-state index in [1.54, 1.807) is 19.2 Å². The third-order valence-electron chi connectivity index (χ3n) is 3.53. The van der Waals surface area contributed by atoms with E-state index >= 15 is 0 Å². The van der Waals surface area contributed by atoms with Gasteiger partial charge in [0.05, 0.1) is 16.1 Å². The highest BCUT2D eigenvalue weighted by atomic mass is 79.9. The number of benzene rings is 1. The summed E-state index contributed by atoms with van der Waals surface area (Å²) >= 11 is 3.18. The van der Waals surface area contributed by atoms with E-state index in [1.165, 1.54) is 6.07 Å². The zero-order valence-electron chi connectivity index (χ0n) is 11.0. The van der Waals surface area contributed by atoms with Gasteiger partial charge in [-0.3, -0.25) is 11.3 Å². The summed E-state index contributed by atoms with van der Waals surface area (Å²) < 4.78 is 19.2. The Kier molecular flexibility index (Phi) is 5.72. The summed E-state index contributed by atoms with van der Waals surface area (Å²) in [6.45, 7) is 4.06. The van der Waals surface area contributed by atoms with Crippen molar-refractivity contribution in [3.8, 4) is 0 Å². The summed E-state index contributed by atoms with van der Waals surface area (Å²) in [5.74, 6) is 5.35. The molecule has 0 radical (unpaired) electrons. The Balaban J connectivity index is 2.88. The van der Waals surface area contributed by atoms with Gasteiger partial charge in [-0.15, -0.1) is 0 Å². The molecular formula is C13H20BrFN2O. The van der Waals surface area contributed by atoms with E-state index in [9.17, 15) is 4.39 Å². The van der Waals surface area contributed by atoms with E-state index in [1.807, 2.05) is 6.92 Å². The predicted molar refractivity (Wildman–Crippen MR) is 74.6 cm³/mol. The SMILES string of the molecule is CCC(C)(OC)C(Cc1ccc(F)c(Br)c1)NN. The van der Waals surface area contributed by atoms with Crippen LogP contribution in [0.5, 0.6) is 0 Å². The van der Waals surface area contributed by atoms with E-state index in [-0.39, 0.29) is 17.5 Å². The maximum atomic E-state index is 13.2. The van der Waals surface area contributed by atoms with E-state index < -0.39 is 0 Å². The summed E-state index contributed by atoms with van der Waals surface area (Å²) in [6, 6.07) is 4.94. The normalized spacial score (nSPS) is 16.3. The van der Waals surface area contributed by atoms with E-state index in [4.69, 9.17) is 10.6 Å². The molecule has 0 saturated heterocycles. The maximum Gasteiger partial charge on any atom is 0.137 e. The number of nitrogens with two attached hydrogens (primary N) is 1. The summed E-state index contributed by atoms with van der Waals surface area (Å²) in [5, 5.41) is 0. The molecule has 0 aliphatic carbocycles. The van der Waals surface area contributed by atoms with Gasteiger partial charge in [-0.05, 0) is 53.4 Å². The number of methoxy groups -OCH3 is 1. The standard InChI is InChI=1S/C13H20BrFN2O/c1-4-13(2,18-3)12(17-16)8-9-5-6-11(15)10(14)7-9/h5-7,12,17H,4,8,16H2,1-3H3. The van der Waals surface area contributed by atoms with Crippen LogP contribution in [0.1, 0.15) is 25.8 Å². The Bertz CT molecular complexity index is 397. The van der Waals surface area contributed by atoms with Gasteiger partial charge in [-0.2, -0.15) is 0 Å². The van der Waals surface area contributed by atoms with Crippen molar-refractivity contribution in [1.82, 2.24) is 5.43 Å². The second kappa shape index (κ2) is 6.61. The third-order valence-corrected chi connectivity index (χ3v) is 4.14. The fraction of sp³-hybridized carbons (Fsp3) is 0.538. The van der Waals surface area contributed by atoms with Gasteiger partial charge in [-0.1, -0.05) is 13.0 Å². The molecule has 0 aliphatic rings. The largest absolute Gasteiger partial charge is 0.377 e.